The van der Waals surface area contributed by atoms with Crippen molar-refractivity contribution >= 4 is 24.4 Å². The second-order valence-electron chi connectivity index (χ2n) is 21.1. The molecule has 0 spiro atoms. The standard InChI is InChI=1S/C36H54N2O2.C9H10O4.C6H6O.C4H6O3.Co/c1-33(2,3)25-17-23(31(39)27(19-25)35(7,8)9)21-37-29-15-13-14-16-30(29)38-22-24-18-26(34(4,5)6)20-28(32(24)40)36(10,11)12;10-8(9(11)12)6-13-7-4-2-1-3-5-7;7-6-4-2-1-3-5-6;1-6-4(5)3-2-7-3;/h17-22,29-30,39-40H,13-16H2,1-12H3;1-5,8,10H,6H2,(H,11,12);1-5,7H;3H,2H2,1H3;/t29-,30-;8-;;;/m01.../s1. The predicted molar refractivity (Wildman–Crippen MR) is 268 cm³/mol. The summed E-state index contributed by atoms with van der Waals surface area (Å²) in [7, 11) is 1.35. The number of ether oxygens (including phenoxy) is 3. The van der Waals surface area contributed by atoms with Crippen LogP contribution in [-0.4, -0.2) is 94.5 Å². The molecule has 0 amide bonds. The molecule has 4 atom stereocenters. The number of benzene rings is 4. The fraction of sp³-hybridized carbons (Fsp3) is 0.491. The van der Waals surface area contributed by atoms with Crippen molar-refractivity contribution in [1.82, 2.24) is 0 Å². The molecule has 2 fully saturated rings. The van der Waals surface area contributed by atoms with Gasteiger partial charge in [-0.05, 0) is 82.0 Å². The van der Waals surface area contributed by atoms with Crippen molar-refractivity contribution < 1.29 is 66.1 Å². The van der Waals surface area contributed by atoms with E-state index in [4.69, 9.17) is 30.0 Å². The molecule has 1 unspecified atom stereocenters. The van der Waals surface area contributed by atoms with Crippen molar-refractivity contribution in [3.05, 3.63) is 118 Å². The third-order valence-electron chi connectivity index (χ3n) is 11.1. The number of hydrogen-bond donors (Lipinski definition) is 5. The van der Waals surface area contributed by atoms with Crippen LogP contribution in [0.2, 0.25) is 0 Å². The number of aliphatic imine (C=N–C) groups is 2. The first-order chi connectivity index (χ1) is 31.1. The quantitative estimate of drug-likeness (QED) is 0.0613. The number of esters is 1. The fourth-order valence-corrected chi connectivity index (χ4v) is 6.82. The molecule has 4 aromatic carbocycles. The molecule has 0 bridgehead atoms. The number of carboxylic acid groups (broad SMARTS) is 1. The minimum absolute atomic E-state index is 0. The third kappa shape index (κ3) is 19.4. The average Bonchev–Trinajstić information content (AvgIpc) is 4.11. The van der Waals surface area contributed by atoms with Crippen LogP contribution in [0.15, 0.2) is 94.9 Å². The zero-order valence-electron chi connectivity index (χ0n) is 42.3. The molecule has 68 heavy (non-hydrogen) atoms. The Labute approximate surface area is 415 Å². The van der Waals surface area contributed by atoms with Crippen LogP contribution in [0.5, 0.6) is 23.0 Å². The van der Waals surface area contributed by atoms with Crippen LogP contribution in [0, 0.1) is 0 Å². The molecule has 1 aliphatic heterocycles. The number of aliphatic hydroxyl groups is 1. The van der Waals surface area contributed by atoms with Gasteiger partial charge in [0.25, 0.3) is 0 Å². The van der Waals surface area contributed by atoms with Crippen LogP contribution >= 0.6 is 0 Å². The molecule has 12 nitrogen and oxygen atoms in total. The van der Waals surface area contributed by atoms with Gasteiger partial charge in [-0.25, -0.2) is 9.59 Å². The number of carboxylic acids is 1. The number of methoxy groups -OCH3 is 1. The monoisotopic (exact) mass is 983 g/mol. The molecule has 1 saturated carbocycles. The second-order valence-corrected chi connectivity index (χ2v) is 21.1. The van der Waals surface area contributed by atoms with Crippen molar-refractivity contribution in [2.45, 2.75) is 155 Å². The maximum Gasteiger partial charge on any atom is 0.337 e. The van der Waals surface area contributed by atoms with Crippen LogP contribution in [-0.2, 0) is 57.5 Å². The Morgan fingerprint density at radius 3 is 1.37 bits per heavy atom. The summed E-state index contributed by atoms with van der Waals surface area (Å²) in [6, 6.07) is 26.0. The normalized spacial score (nSPS) is 17.5. The Morgan fingerprint density at radius 2 is 1.07 bits per heavy atom. The Morgan fingerprint density at radius 1 is 0.676 bits per heavy atom. The summed E-state index contributed by atoms with van der Waals surface area (Å²) < 4.78 is 13.9. The van der Waals surface area contributed by atoms with Gasteiger partial charge in [0.05, 0.1) is 25.8 Å². The molecule has 6 rings (SSSR count). The van der Waals surface area contributed by atoms with E-state index in [1.807, 2.05) is 24.6 Å². The number of carbonyl (C=O) groups excluding carboxylic acids is 1. The molecule has 1 heterocycles. The first kappa shape index (κ1) is 58.9. The average molecular weight is 984 g/mol. The Kier molecular flexibility index (Phi) is 22.5. The van der Waals surface area contributed by atoms with E-state index >= 15 is 0 Å². The van der Waals surface area contributed by atoms with Crippen molar-refractivity contribution in [2.24, 2.45) is 9.98 Å². The van der Waals surface area contributed by atoms with Crippen molar-refractivity contribution in [1.29, 1.82) is 0 Å². The molecule has 5 N–H and O–H groups in total. The first-order valence-corrected chi connectivity index (χ1v) is 23.0. The number of carbonyl (C=O) groups is 2. The second kappa shape index (κ2) is 26.0. The van der Waals surface area contributed by atoms with Gasteiger partial charge in [-0.1, -0.05) is 144 Å². The minimum atomic E-state index is -1.47. The molecule has 4 aromatic rings. The topological polar surface area (TPSA) is 191 Å². The van der Waals surface area contributed by atoms with Crippen LogP contribution in [0.4, 0.5) is 0 Å². The molecule has 375 valence electrons. The number of aliphatic hydroxyl groups excluding tert-OH is 1. The van der Waals surface area contributed by atoms with Gasteiger partial charge < -0.3 is 39.7 Å². The third-order valence-corrected chi connectivity index (χ3v) is 11.1. The smallest absolute Gasteiger partial charge is 0.337 e. The van der Waals surface area contributed by atoms with Gasteiger partial charge in [-0.15, -0.1) is 0 Å². The number of nitrogens with zero attached hydrogens (tertiary/aromatic N) is 2. The summed E-state index contributed by atoms with van der Waals surface area (Å²) in [5, 5.41) is 48.3. The predicted octanol–water partition coefficient (Wildman–Crippen LogP) is 10.6. The summed E-state index contributed by atoms with van der Waals surface area (Å²) in [6.45, 7) is 26.3. The van der Waals surface area contributed by atoms with Gasteiger partial charge in [-0.2, -0.15) is 0 Å². The van der Waals surface area contributed by atoms with Gasteiger partial charge in [0.15, 0.2) is 12.2 Å². The maximum atomic E-state index is 11.2. The largest absolute Gasteiger partial charge is 0.508 e. The van der Waals surface area contributed by atoms with E-state index in [-0.39, 0.29) is 69.2 Å². The van der Waals surface area contributed by atoms with Crippen molar-refractivity contribution in [2.75, 3.05) is 20.3 Å². The van der Waals surface area contributed by atoms with E-state index in [2.05, 4.69) is 117 Å². The van der Waals surface area contributed by atoms with Crippen molar-refractivity contribution in [3.8, 4) is 23.0 Å². The number of phenols is 3. The zero-order chi connectivity index (χ0) is 50.3. The first-order valence-electron chi connectivity index (χ1n) is 23.0. The number of hydrogen-bond acceptors (Lipinski definition) is 11. The van der Waals surface area contributed by atoms with Gasteiger partial charge in [0, 0.05) is 51.5 Å². The number of para-hydroxylation sites is 2. The van der Waals surface area contributed by atoms with Gasteiger partial charge >= 0.3 is 11.9 Å². The fourth-order valence-electron chi connectivity index (χ4n) is 6.82. The number of epoxide rings is 1. The minimum Gasteiger partial charge on any atom is -0.508 e. The van der Waals surface area contributed by atoms with Gasteiger partial charge in [0.2, 0.25) is 0 Å². The maximum absolute atomic E-state index is 11.2. The van der Waals surface area contributed by atoms with E-state index in [0.29, 0.717) is 29.6 Å². The number of aliphatic carboxylic acids is 1. The van der Waals surface area contributed by atoms with E-state index < -0.39 is 12.1 Å². The van der Waals surface area contributed by atoms with Gasteiger partial charge in [0.1, 0.15) is 29.6 Å². The summed E-state index contributed by atoms with van der Waals surface area (Å²) in [4.78, 5) is 30.5. The van der Waals surface area contributed by atoms with Crippen LogP contribution in [0.3, 0.4) is 0 Å². The molecule has 1 saturated heterocycles. The van der Waals surface area contributed by atoms with E-state index in [9.17, 15) is 19.8 Å². The van der Waals surface area contributed by atoms with Gasteiger partial charge in [-0.3, -0.25) is 9.98 Å². The van der Waals surface area contributed by atoms with Crippen LogP contribution < -0.4 is 4.74 Å². The molecule has 1 radical (unpaired) electrons. The summed E-state index contributed by atoms with van der Waals surface area (Å²) in [6.07, 6.45) is 6.19. The van der Waals surface area contributed by atoms with Crippen LogP contribution in [0.25, 0.3) is 0 Å². The molecule has 2 aliphatic rings. The number of rotatable bonds is 9. The molecule has 13 heteroatoms. The molecule has 1 aliphatic carbocycles. The Balaban J connectivity index is 0.000000452. The zero-order valence-corrected chi connectivity index (χ0v) is 43.3. The summed E-state index contributed by atoms with van der Waals surface area (Å²) >= 11 is 0. The molecular weight excluding hydrogens is 908 g/mol. The Hall–Kier alpha value is -5.21. The molecule has 0 aromatic heterocycles. The SMILES string of the molecule is CC(C)(C)c1cc(C=N[C@H]2CCCC[C@@H]2N=Cc2cc(C(C)(C)C)cc(C(C)(C)C)c2O)c(O)c(C(C)(C)C)c1.COC(=O)C1CO1.O=C(O)[C@H](O)COc1ccccc1.Oc1ccccc1.[Co]. The van der Waals surface area contributed by atoms with Crippen molar-refractivity contribution in [3.63, 3.8) is 0 Å². The summed E-state index contributed by atoms with van der Waals surface area (Å²) in [5.41, 5.74) is 5.39. The number of phenolic OH excluding ortho intramolecular Hbond substituents is 3. The summed E-state index contributed by atoms with van der Waals surface area (Å²) in [5.74, 6) is -0.0429. The van der Waals surface area contributed by atoms with E-state index in [1.165, 1.54) is 18.2 Å². The van der Waals surface area contributed by atoms with E-state index in [1.54, 1.807) is 48.5 Å². The Bertz CT molecular complexity index is 2150. The number of aromatic hydroxyl groups is 3. The van der Waals surface area contributed by atoms with Crippen LogP contribution in [0.1, 0.15) is 142 Å². The van der Waals surface area contributed by atoms with E-state index in [0.717, 1.165) is 47.9 Å². The molecular formula is C55H76CoN2O10.